The number of aromatic nitrogens is 1. The first-order chi connectivity index (χ1) is 16.3. The monoisotopic (exact) mass is 518 g/mol. The molecule has 0 bridgehead atoms. The quantitative estimate of drug-likeness (QED) is 0.611. The molecule has 1 aromatic carbocycles. The number of halogens is 5. The molecule has 2 aliphatic heterocycles. The molecular weight excluding hydrogens is 495 g/mol. The lowest BCUT2D eigenvalue weighted by atomic mass is 10.0. The molecule has 0 aliphatic carbocycles. The Labute approximate surface area is 198 Å². The number of alkyl halides is 3. The van der Waals surface area contributed by atoms with E-state index in [9.17, 15) is 35.2 Å². The second kappa shape index (κ2) is 9.25. The van der Waals surface area contributed by atoms with Crippen molar-refractivity contribution in [3.05, 3.63) is 47.7 Å². The number of carbonyl (C=O) groups is 1. The van der Waals surface area contributed by atoms with Crippen molar-refractivity contribution < 1.29 is 35.2 Å². The number of benzene rings is 1. The summed E-state index contributed by atoms with van der Waals surface area (Å²) in [7, 11) is -3.94. The molecule has 0 saturated carbocycles. The van der Waals surface area contributed by atoms with Crippen LogP contribution >= 0.6 is 0 Å². The Hall–Kier alpha value is -2.96. The minimum atomic E-state index is -4.45. The average molecular weight is 519 g/mol. The minimum absolute atomic E-state index is 0.103. The van der Waals surface area contributed by atoms with Crippen molar-refractivity contribution in [1.29, 1.82) is 0 Å². The Morgan fingerprint density at radius 3 is 2.29 bits per heavy atom. The van der Waals surface area contributed by atoms with Gasteiger partial charge in [0.15, 0.2) is 9.84 Å². The van der Waals surface area contributed by atoms with E-state index in [1.807, 2.05) is 4.90 Å². The van der Waals surface area contributed by atoms with Gasteiger partial charge in [-0.25, -0.2) is 22.2 Å². The van der Waals surface area contributed by atoms with E-state index in [-0.39, 0.29) is 17.6 Å². The number of sulfone groups is 1. The second-order valence-electron chi connectivity index (χ2n) is 8.67. The molecule has 4 rings (SSSR count). The van der Waals surface area contributed by atoms with Crippen molar-refractivity contribution in [3.8, 4) is 0 Å². The molecule has 2 aliphatic rings. The predicted octanol–water partition coefficient (Wildman–Crippen LogP) is 3.46. The fourth-order valence-corrected chi connectivity index (χ4v) is 5.19. The summed E-state index contributed by atoms with van der Waals surface area (Å²) in [6, 6.07) is 2.75. The van der Waals surface area contributed by atoms with Gasteiger partial charge in [-0.1, -0.05) is 0 Å². The van der Waals surface area contributed by atoms with E-state index in [0.29, 0.717) is 50.8 Å². The topological polar surface area (TPSA) is 82.6 Å². The van der Waals surface area contributed by atoms with E-state index in [2.05, 4.69) is 10.3 Å². The zero-order valence-corrected chi connectivity index (χ0v) is 19.5. The first kappa shape index (κ1) is 25.1. The number of pyridine rings is 1. The van der Waals surface area contributed by atoms with Gasteiger partial charge in [-0.2, -0.15) is 13.2 Å². The Kier molecular flexibility index (Phi) is 6.64. The first-order valence-corrected chi connectivity index (χ1v) is 12.8. The van der Waals surface area contributed by atoms with Crippen molar-refractivity contribution in [2.75, 3.05) is 36.1 Å². The number of amides is 1. The van der Waals surface area contributed by atoms with Crippen LogP contribution in [0.4, 0.5) is 33.5 Å². The van der Waals surface area contributed by atoms with Gasteiger partial charge in [0.05, 0.1) is 11.3 Å². The summed E-state index contributed by atoms with van der Waals surface area (Å²) >= 11 is 0. The normalized spacial score (nSPS) is 19.9. The smallest absolute Gasteiger partial charge is 0.371 e. The van der Waals surface area contributed by atoms with Gasteiger partial charge in [0, 0.05) is 44.2 Å². The summed E-state index contributed by atoms with van der Waals surface area (Å²) in [6.07, 6.45) is -1.38. The predicted molar refractivity (Wildman–Crippen MR) is 118 cm³/mol. The zero-order chi connectivity index (χ0) is 25.5. The molecule has 1 aromatic heterocycles. The van der Waals surface area contributed by atoms with Crippen LogP contribution in [-0.2, 0) is 20.8 Å². The highest BCUT2D eigenvalue weighted by molar-refractivity contribution is 7.90. The summed E-state index contributed by atoms with van der Waals surface area (Å²) < 4.78 is 89.9. The van der Waals surface area contributed by atoms with Gasteiger partial charge in [-0.15, -0.1) is 0 Å². The molecule has 2 fully saturated rings. The lowest BCUT2D eigenvalue weighted by Gasteiger charge is -2.37. The summed E-state index contributed by atoms with van der Waals surface area (Å²) in [4.78, 5) is 19.6. The molecule has 1 N–H and O–H groups in total. The summed E-state index contributed by atoms with van der Waals surface area (Å²) in [5.41, 5.74) is -1.11. The van der Waals surface area contributed by atoms with Gasteiger partial charge in [0.1, 0.15) is 28.4 Å². The third-order valence-electron chi connectivity index (χ3n) is 6.30. The van der Waals surface area contributed by atoms with Crippen LogP contribution in [0.2, 0.25) is 0 Å². The van der Waals surface area contributed by atoms with E-state index in [1.54, 1.807) is 4.90 Å². The van der Waals surface area contributed by atoms with Gasteiger partial charge in [0.2, 0.25) is 5.91 Å². The Morgan fingerprint density at radius 1 is 1.03 bits per heavy atom. The van der Waals surface area contributed by atoms with E-state index in [4.69, 9.17) is 0 Å². The van der Waals surface area contributed by atoms with Crippen LogP contribution in [0.25, 0.3) is 0 Å². The number of anilines is 2. The highest BCUT2D eigenvalue weighted by atomic mass is 32.2. The molecule has 35 heavy (non-hydrogen) atoms. The van der Waals surface area contributed by atoms with Crippen molar-refractivity contribution in [2.45, 2.75) is 42.4 Å². The van der Waals surface area contributed by atoms with E-state index in [1.165, 1.54) is 6.07 Å². The average Bonchev–Trinajstić information content (AvgIpc) is 3.15. The van der Waals surface area contributed by atoms with Gasteiger partial charge < -0.3 is 15.1 Å². The highest BCUT2D eigenvalue weighted by Crippen LogP contribution is 2.31. The van der Waals surface area contributed by atoms with E-state index >= 15 is 0 Å². The maximum atomic E-state index is 14.4. The molecular formula is C22H23F5N4O3S. The van der Waals surface area contributed by atoms with Gasteiger partial charge in [-0.05, 0) is 37.5 Å². The third-order valence-corrected chi connectivity index (χ3v) is 7.41. The van der Waals surface area contributed by atoms with Crippen LogP contribution in [0.3, 0.4) is 0 Å². The molecule has 2 aromatic rings. The standard InChI is InChI=1S/C22H23F5N4O3S/c1-35(33,34)19-11-15(23)18(10-16(19)24)29-17-6-9-31(21(17)32)14-4-7-30(8-5-14)20-3-2-13(12-28-20)22(25,26)27/h2-3,10-12,14,17,29H,4-9H2,1H3/t17-/m0/s1. The Balaban J connectivity index is 1.36. The molecule has 0 spiro atoms. The molecule has 0 unspecified atom stereocenters. The molecule has 2 saturated heterocycles. The highest BCUT2D eigenvalue weighted by Gasteiger charge is 2.38. The Bertz CT molecular complexity index is 1210. The van der Waals surface area contributed by atoms with Crippen LogP contribution in [0.1, 0.15) is 24.8 Å². The Morgan fingerprint density at radius 2 is 1.71 bits per heavy atom. The lowest BCUT2D eigenvalue weighted by molar-refractivity contribution is -0.137. The number of nitrogens with one attached hydrogen (secondary N) is 1. The van der Waals surface area contributed by atoms with Crippen LogP contribution in [0.5, 0.6) is 0 Å². The third kappa shape index (κ3) is 5.34. The fourth-order valence-electron chi connectivity index (χ4n) is 4.46. The number of hydrogen-bond acceptors (Lipinski definition) is 6. The van der Waals surface area contributed by atoms with Crippen molar-refractivity contribution in [3.63, 3.8) is 0 Å². The maximum absolute atomic E-state index is 14.4. The van der Waals surface area contributed by atoms with Crippen LogP contribution in [0, 0.1) is 11.6 Å². The molecule has 190 valence electrons. The second-order valence-corrected chi connectivity index (χ2v) is 10.7. The van der Waals surface area contributed by atoms with Crippen molar-refractivity contribution in [2.24, 2.45) is 0 Å². The molecule has 0 radical (unpaired) electrons. The largest absolute Gasteiger partial charge is 0.417 e. The molecule has 13 heteroatoms. The maximum Gasteiger partial charge on any atom is 0.417 e. The number of hydrogen-bond donors (Lipinski definition) is 1. The van der Waals surface area contributed by atoms with Gasteiger partial charge >= 0.3 is 6.18 Å². The van der Waals surface area contributed by atoms with Crippen molar-refractivity contribution in [1.82, 2.24) is 9.88 Å². The van der Waals surface area contributed by atoms with E-state index < -0.39 is 44.1 Å². The summed E-state index contributed by atoms with van der Waals surface area (Å²) in [5, 5.41) is 2.69. The van der Waals surface area contributed by atoms with Gasteiger partial charge in [-0.3, -0.25) is 4.79 Å². The number of piperidine rings is 1. The molecule has 1 atom stereocenters. The van der Waals surface area contributed by atoms with Crippen LogP contribution in [0.15, 0.2) is 35.4 Å². The summed E-state index contributed by atoms with van der Waals surface area (Å²) in [5.74, 6) is -1.93. The fraction of sp³-hybridized carbons (Fsp3) is 0.455. The van der Waals surface area contributed by atoms with Gasteiger partial charge in [0.25, 0.3) is 0 Å². The van der Waals surface area contributed by atoms with Crippen LogP contribution < -0.4 is 10.2 Å². The SMILES string of the molecule is CS(=O)(=O)c1cc(F)c(N[C@H]2CCN(C3CCN(c4ccc(C(F)(F)F)cn4)CC3)C2=O)cc1F. The first-order valence-electron chi connectivity index (χ1n) is 10.9. The minimum Gasteiger partial charge on any atom is -0.371 e. The van der Waals surface area contributed by atoms with Crippen molar-refractivity contribution >= 4 is 27.2 Å². The number of nitrogens with zero attached hydrogens (tertiary/aromatic N) is 3. The number of likely N-dealkylation sites (tertiary alicyclic amines) is 1. The molecule has 7 nitrogen and oxygen atoms in total. The summed E-state index contributed by atoms with van der Waals surface area (Å²) in [6.45, 7) is 1.40. The van der Waals surface area contributed by atoms with E-state index in [0.717, 1.165) is 24.6 Å². The number of carbonyl (C=O) groups excluding carboxylic acids is 1. The molecule has 3 heterocycles. The molecule has 1 amide bonds. The number of rotatable bonds is 5. The zero-order valence-electron chi connectivity index (χ0n) is 18.6. The van der Waals surface area contributed by atoms with Crippen LogP contribution in [-0.4, -0.2) is 62.2 Å². The lowest BCUT2D eigenvalue weighted by Crippen LogP contribution is -2.47.